The molecule has 0 radical (unpaired) electrons. The van der Waals surface area contributed by atoms with Crippen LogP contribution in [0.2, 0.25) is 0 Å². The maximum atomic E-state index is 12.0. The standard InChI is InChI=1S/C18H19N3O4/c1-2-7-20-17(22)15-11-14(5-8-19-15)25-13-3-4-16-12(10-13)6-9-21(16)18(23)24/h3-5,8,10-11H,2,6-7,9H2,1H3,(H,20,22)(H,23,24). The van der Waals surface area contributed by atoms with Gasteiger partial charge in [-0.25, -0.2) is 4.79 Å². The van der Waals surface area contributed by atoms with E-state index in [1.165, 1.54) is 11.1 Å². The van der Waals surface area contributed by atoms with Gasteiger partial charge in [0.1, 0.15) is 17.2 Å². The van der Waals surface area contributed by atoms with E-state index in [0.717, 1.165) is 12.0 Å². The summed E-state index contributed by atoms with van der Waals surface area (Å²) in [6.45, 7) is 3.02. The fraction of sp³-hybridized carbons (Fsp3) is 0.278. The van der Waals surface area contributed by atoms with Crippen molar-refractivity contribution in [2.24, 2.45) is 0 Å². The molecule has 1 aromatic carbocycles. The second-order valence-corrected chi connectivity index (χ2v) is 5.71. The zero-order chi connectivity index (χ0) is 17.8. The number of carbonyl (C=O) groups excluding carboxylic acids is 1. The van der Waals surface area contributed by atoms with Crippen molar-refractivity contribution in [2.75, 3.05) is 18.0 Å². The van der Waals surface area contributed by atoms with Crippen molar-refractivity contribution in [3.05, 3.63) is 47.8 Å². The number of carbonyl (C=O) groups is 2. The van der Waals surface area contributed by atoms with E-state index < -0.39 is 6.09 Å². The Morgan fingerprint density at radius 2 is 2.08 bits per heavy atom. The summed E-state index contributed by atoms with van der Waals surface area (Å²) in [5.41, 5.74) is 1.91. The van der Waals surface area contributed by atoms with Crippen molar-refractivity contribution in [1.82, 2.24) is 10.3 Å². The van der Waals surface area contributed by atoms with Gasteiger partial charge in [0.25, 0.3) is 5.91 Å². The number of anilines is 1. The average molecular weight is 341 g/mol. The van der Waals surface area contributed by atoms with Crippen molar-refractivity contribution in [2.45, 2.75) is 19.8 Å². The molecule has 0 saturated heterocycles. The van der Waals surface area contributed by atoms with Crippen LogP contribution in [-0.2, 0) is 6.42 Å². The summed E-state index contributed by atoms with van der Waals surface area (Å²) >= 11 is 0. The Labute approximate surface area is 145 Å². The van der Waals surface area contributed by atoms with Crippen molar-refractivity contribution >= 4 is 17.7 Å². The lowest BCUT2D eigenvalue weighted by atomic mass is 10.1. The van der Waals surface area contributed by atoms with Crippen LogP contribution in [0, 0.1) is 0 Å². The van der Waals surface area contributed by atoms with E-state index in [0.29, 0.717) is 42.4 Å². The highest BCUT2D eigenvalue weighted by atomic mass is 16.5. The molecule has 1 aliphatic rings. The zero-order valence-corrected chi connectivity index (χ0v) is 13.9. The lowest BCUT2D eigenvalue weighted by molar-refractivity contribution is 0.0948. The Morgan fingerprint density at radius 3 is 2.84 bits per heavy atom. The number of pyridine rings is 1. The number of carboxylic acid groups (broad SMARTS) is 1. The molecule has 0 fully saturated rings. The van der Waals surface area contributed by atoms with Gasteiger partial charge in [-0.2, -0.15) is 0 Å². The van der Waals surface area contributed by atoms with E-state index in [1.807, 2.05) is 13.0 Å². The van der Waals surface area contributed by atoms with Crippen molar-refractivity contribution < 1.29 is 19.4 Å². The van der Waals surface area contributed by atoms with E-state index in [1.54, 1.807) is 24.3 Å². The normalized spacial score (nSPS) is 12.6. The molecule has 0 atom stereocenters. The largest absolute Gasteiger partial charge is 0.465 e. The predicted molar refractivity (Wildman–Crippen MR) is 92.5 cm³/mol. The Balaban J connectivity index is 1.75. The number of amides is 2. The summed E-state index contributed by atoms with van der Waals surface area (Å²) < 4.78 is 5.81. The summed E-state index contributed by atoms with van der Waals surface area (Å²) in [5.74, 6) is 0.861. The first-order valence-electron chi connectivity index (χ1n) is 8.14. The van der Waals surface area contributed by atoms with Crippen molar-refractivity contribution in [1.29, 1.82) is 0 Å². The highest BCUT2D eigenvalue weighted by Crippen LogP contribution is 2.33. The van der Waals surface area contributed by atoms with E-state index >= 15 is 0 Å². The average Bonchev–Trinajstić information content (AvgIpc) is 3.03. The summed E-state index contributed by atoms with van der Waals surface area (Å²) in [7, 11) is 0. The second kappa shape index (κ2) is 7.21. The third-order valence-electron chi connectivity index (χ3n) is 3.91. The number of nitrogens with zero attached hydrogens (tertiary/aromatic N) is 2. The molecule has 2 aromatic rings. The molecule has 2 N–H and O–H groups in total. The highest BCUT2D eigenvalue weighted by Gasteiger charge is 2.24. The van der Waals surface area contributed by atoms with Crippen LogP contribution in [0.1, 0.15) is 29.4 Å². The first-order chi connectivity index (χ1) is 12.1. The molecule has 0 unspecified atom stereocenters. The zero-order valence-electron chi connectivity index (χ0n) is 13.9. The quantitative estimate of drug-likeness (QED) is 0.872. The van der Waals surface area contributed by atoms with Crippen molar-refractivity contribution in [3.8, 4) is 11.5 Å². The third kappa shape index (κ3) is 3.71. The molecule has 1 aromatic heterocycles. The number of nitrogens with one attached hydrogen (secondary N) is 1. The number of fused-ring (bicyclic) bond motifs is 1. The van der Waals surface area contributed by atoms with Gasteiger partial charge in [0.2, 0.25) is 0 Å². The van der Waals surface area contributed by atoms with Gasteiger partial charge >= 0.3 is 6.09 Å². The van der Waals surface area contributed by atoms with Crippen LogP contribution in [0.15, 0.2) is 36.5 Å². The molecule has 0 spiro atoms. The molecule has 2 heterocycles. The Kier molecular flexibility index (Phi) is 4.83. The molecule has 2 amide bonds. The Morgan fingerprint density at radius 1 is 1.28 bits per heavy atom. The van der Waals surface area contributed by atoms with Crippen LogP contribution < -0.4 is 15.0 Å². The molecule has 7 heteroatoms. The molecule has 130 valence electrons. The number of hydrogen-bond donors (Lipinski definition) is 2. The SMILES string of the molecule is CCCNC(=O)c1cc(Oc2ccc3c(c2)CCN3C(=O)O)ccn1. The number of ether oxygens (including phenoxy) is 1. The van der Waals surface area contributed by atoms with Crippen LogP contribution in [0.3, 0.4) is 0 Å². The minimum Gasteiger partial charge on any atom is -0.465 e. The topological polar surface area (TPSA) is 91.8 Å². The summed E-state index contributed by atoms with van der Waals surface area (Å²) in [6.07, 6.45) is 2.07. The fourth-order valence-electron chi connectivity index (χ4n) is 2.70. The fourth-order valence-corrected chi connectivity index (χ4v) is 2.70. The molecule has 25 heavy (non-hydrogen) atoms. The first kappa shape index (κ1) is 16.8. The third-order valence-corrected chi connectivity index (χ3v) is 3.91. The molecule has 0 bridgehead atoms. The van der Waals surface area contributed by atoms with E-state index in [-0.39, 0.29) is 5.91 Å². The van der Waals surface area contributed by atoms with Gasteiger partial charge in [0, 0.05) is 25.4 Å². The van der Waals surface area contributed by atoms with Crippen LogP contribution in [0.4, 0.5) is 10.5 Å². The van der Waals surface area contributed by atoms with Crippen LogP contribution in [-0.4, -0.2) is 35.2 Å². The van der Waals surface area contributed by atoms with Gasteiger partial charge in [-0.15, -0.1) is 0 Å². The first-order valence-corrected chi connectivity index (χ1v) is 8.14. The van der Waals surface area contributed by atoms with Gasteiger partial charge in [-0.3, -0.25) is 14.7 Å². The van der Waals surface area contributed by atoms with Gasteiger partial charge in [0.05, 0.1) is 5.69 Å². The Bertz CT molecular complexity index is 807. The summed E-state index contributed by atoms with van der Waals surface area (Å²) in [5, 5.41) is 11.9. The minimum absolute atomic E-state index is 0.238. The molecular formula is C18H19N3O4. The van der Waals surface area contributed by atoms with E-state index in [2.05, 4.69) is 10.3 Å². The summed E-state index contributed by atoms with van der Waals surface area (Å²) in [6, 6.07) is 8.55. The molecule has 1 aliphatic heterocycles. The van der Waals surface area contributed by atoms with E-state index in [4.69, 9.17) is 9.84 Å². The van der Waals surface area contributed by atoms with Gasteiger partial charge in [-0.1, -0.05) is 6.92 Å². The summed E-state index contributed by atoms with van der Waals surface area (Å²) in [4.78, 5) is 28.5. The van der Waals surface area contributed by atoms with Gasteiger partial charge < -0.3 is 15.2 Å². The lowest BCUT2D eigenvalue weighted by Crippen LogP contribution is -2.26. The number of rotatable bonds is 5. The van der Waals surface area contributed by atoms with Gasteiger partial charge in [0.15, 0.2) is 0 Å². The van der Waals surface area contributed by atoms with Crippen LogP contribution in [0.25, 0.3) is 0 Å². The molecular weight excluding hydrogens is 322 g/mol. The smallest absolute Gasteiger partial charge is 0.411 e. The molecule has 0 saturated carbocycles. The van der Waals surface area contributed by atoms with Crippen molar-refractivity contribution in [3.63, 3.8) is 0 Å². The highest BCUT2D eigenvalue weighted by molar-refractivity contribution is 5.92. The molecule has 7 nitrogen and oxygen atoms in total. The molecule has 0 aliphatic carbocycles. The van der Waals surface area contributed by atoms with Gasteiger partial charge in [-0.05, 0) is 42.7 Å². The lowest BCUT2D eigenvalue weighted by Gasteiger charge is -2.13. The maximum Gasteiger partial charge on any atom is 0.411 e. The number of hydrogen-bond acceptors (Lipinski definition) is 4. The van der Waals surface area contributed by atoms with E-state index in [9.17, 15) is 9.59 Å². The molecule has 3 rings (SSSR count). The number of benzene rings is 1. The Hall–Kier alpha value is -3.09. The second-order valence-electron chi connectivity index (χ2n) is 5.71. The monoisotopic (exact) mass is 341 g/mol. The minimum atomic E-state index is -0.954. The van der Waals surface area contributed by atoms with Crippen LogP contribution >= 0.6 is 0 Å². The van der Waals surface area contributed by atoms with Crippen LogP contribution in [0.5, 0.6) is 11.5 Å². The maximum absolute atomic E-state index is 12.0. The predicted octanol–water partition coefficient (Wildman–Crippen LogP) is 3.05. The number of aromatic nitrogens is 1.